The SMILES string of the molecule is CCCCCOc1cc(N2CCCNC2=O)ccc1Cl. The van der Waals surface area contributed by atoms with E-state index >= 15 is 0 Å². The molecule has 0 bridgehead atoms. The van der Waals surface area contributed by atoms with Crippen LogP contribution in [0.4, 0.5) is 10.5 Å². The minimum atomic E-state index is -0.0597. The van der Waals surface area contributed by atoms with Crippen molar-refractivity contribution in [1.82, 2.24) is 5.32 Å². The maximum absolute atomic E-state index is 11.8. The lowest BCUT2D eigenvalue weighted by Gasteiger charge is -2.27. The topological polar surface area (TPSA) is 41.6 Å². The number of nitrogens with one attached hydrogen (secondary N) is 1. The van der Waals surface area contributed by atoms with Gasteiger partial charge in [-0.3, -0.25) is 4.90 Å². The first-order valence-corrected chi connectivity index (χ1v) is 7.58. The zero-order chi connectivity index (χ0) is 14.4. The second kappa shape index (κ2) is 7.39. The number of rotatable bonds is 6. The smallest absolute Gasteiger partial charge is 0.321 e. The van der Waals surface area contributed by atoms with Gasteiger partial charge in [0.15, 0.2) is 0 Å². The maximum atomic E-state index is 11.8. The third-order valence-corrected chi connectivity index (χ3v) is 3.62. The van der Waals surface area contributed by atoms with Crippen LogP contribution in [0.1, 0.15) is 32.6 Å². The summed E-state index contributed by atoms with van der Waals surface area (Å²) in [6.45, 7) is 4.28. The van der Waals surface area contributed by atoms with Crippen molar-refractivity contribution in [1.29, 1.82) is 0 Å². The molecule has 4 nitrogen and oxygen atoms in total. The molecular formula is C15H21ClN2O2. The van der Waals surface area contributed by atoms with Crippen LogP contribution < -0.4 is 15.0 Å². The molecule has 1 heterocycles. The Labute approximate surface area is 125 Å². The monoisotopic (exact) mass is 296 g/mol. The van der Waals surface area contributed by atoms with E-state index in [0.717, 1.165) is 44.5 Å². The molecule has 0 radical (unpaired) electrons. The lowest BCUT2D eigenvalue weighted by molar-refractivity contribution is 0.243. The van der Waals surface area contributed by atoms with Crippen LogP contribution in [0, 0.1) is 0 Å². The van der Waals surface area contributed by atoms with Gasteiger partial charge in [0.05, 0.1) is 11.6 Å². The fraction of sp³-hybridized carbons (Fsp3) is 0.533. The molecule has 2 rings (SSSR count). The maximum Gasteiger partial charge on any atom is 0.321 e. The molecule has 0 aliphatic carbocycles. The van der Waals surface area contributed by atoms with E-state index in [-0.39, 0.29) is 6.03 Å². The minimum absolute atomic E-state index is 0.0597. The van der Waals surface area contributed by atoms with Gasteiger partial charge in [0.25, 0.3) is 0 Å². The molecule has 110 valence electrons. The molecule has 1 aromatic carbocycles. The highest BCUT2D eigenvalue weighted by atomic mass is 35.5. The van der Waals surface area contributed by atoms with E-state index in [0.29, 0.717) is 17.4 Å². The van der Waals surface area contributed by atoms with Crippen LogP contribution in [0.15, 0.2) is 18.2 Å². The van der Waals surface area contributed by atoms with E-state index in [9.17, 15) is 4.79 Å². The molecule has 1 N–H and O–H groups in total. The second-order valence-corrected chi connectivity index (χ2v) is 5.31. The summed E-state index contributed by atoms with van der Waals surface area (Å²) in [5.74, 6) is 0.652. The molecule has 2 amide bonds. The molecule has 0 atom stereocenters. The third kappa shape index (κ3) is 3.79. The number of nitrogens with zero attached hydrogens (tertiary/aromatic N) is 1. The van der Waals surface area contributed by atoms with Gasteiger partial charge in [-0.05, 0) is 25.0 Å². The fourth-order valence-electron chi connectivity index (χ4n) is 2.18. The van der Waals surface area contributed by atoms with E-state index in [1.54, 1.807) is 11.0 Å². The van der Waals surface area contributed by atoms with Gasteiger partial charge in [-0.2, -0.15) is 0 Å². The summed E-state index contributed by atoms with van der Waals surface area (Å²) < 4.78 is 5.72. The van der Waals surface area contributed by atoms with Gasteiger partial charge in [-0.25, -0.2) is 4.79 Å². The molecule has 1 saturated heterocycles. The number of unbranched alkanes of at least 4 members (excludes halogenated alkanes) is 2. The number of ether oxygens (including phenoxy) is 1. The zero-order valence-corrected chi connectivity index (χ0v) is 12.6. The highest BCUT2D eigenvalue weighted by Crippen LogP contribution is 2.30. The number of hydrogen-bond acceptors (Lipinski definition) is 2. The van der Waals surface area contributed by atoms with Crippen LogP contribution in [0.2, 0.25) is 5.02 Å². The van der Waals surface area contributed by atoms with Crippen LogP contribution in [-0.2, 0) is 0 Å². The molecule has 20 heavy (non-hydrogen) atoms. The number of benzene rings is 1. The molecule has 0 spiro atoms. The zero-order valence-electron chi connectivity index (χ0n) is 11.8. The van der Waals surface area contributed by atoms with Gasteiger partial charge in [0.2, 0.25) is 0 Å². The fourth-order valence-corrected chi connectivity index (χ4v) is 2.35. The van der Waals surface area contributed by atoms with Crippen LogP contribution in [0.25, 0.3) is 0 Å². The standard InChI is InChI=1S/C15H21ClN2O2/c1-2-3-4-10-20-14-11-12(6-7-13(14)16)18-9-5-8-17-15(18)19/h6-7,11H,2-5,8-10H2,1H3,(H,17,19). The first-order chi connectivity index (χ1) is 9.72. The first kappa shape index (κ1) is 15.0. The largest absolute Gasteiger partial charge is 0.492 e. The van der Waals surface area contributed by atoms with Crippen LogP contribution >= 0.6 is 11.6 Å². The molecule has 0 aromatic heterocycles. The van der Waals surface area contributed by atoms with E-state index in [4.69, 9.17) is 16.3 Å². The number of halogens is 1. The number of carbonyl (C=O) groups excluding carboxylic acids is 1. The van der Waals surface area contributed by atoms with E-state index in [1.165, 1.54) is 0 Å². The first-order valence-electron chi connectivity index (χ1n) is 7.20. The predicted octanol–water partition coefficient (Wildman–Crippen LogP) is 3.83. The summed E-state index contributed by atoms with van der Waals surface area (Å²) >= 11 is 6.14. The molecule has 1 aliphatic rings. The molecular weight excluding hydrogens is 276 g/mol. The van der Waals surface area contributed by atoms with Crippen LogP contribution in [-0.4, -0.2) is 25.7 Å². The summed E-state index contributed by atoms with van der Waals surface area (Å²) in [6, 6.07) is 5.43. The Morgan fingerprint density at radius 3 is 3.00 bits per heavy atom. The van der Waals surface area contributed by atoms with Gasteiger partial charge in [0, 0.05) is 24.8 Å². The normalized spacial score (nSPS) is 15.1. The number of hydrogen-bond donors (Lipinski definition) is 1. The Morgan fingerprint density at radius 1 is 1.40 bits per heavy atom. The van der Waals surface area contributed by atoms with Crippen molar-refractivity contribution in [2.24, 2.45) is 0 Å². The molecule has 1 aliphatic heterocycles. The third-order valence-electron chi connectivity index (χ3n) is 3.31. The van der Waals surface area contributed by atoms with E-state index < -0.39 is 0 Å². The number of urea groups is 1. The van der Waals surface area contributed by atoms with Crippen molar-refractivity contribution in [2.45, 2.75) is 32.6 Å². The van der Waals surface area contributed by atoms with Crippen molar-refractivity contribution in [2.75, 3.05) is 24.6 Å². The lowest BCUT2D eigenvalue weighted by atomic mass is 10.2. The van der Waals surface area contributed by atoms with Crippen LogP contribution in [0.5, 0.6) is 5.75 Å². The van der Waals surface area contributed by atoms with E-state index in [2.05, 4.69) is 12.2 Å². The molecule has 1 fully saturated rings. The summed E-state index contributed by atoms with van der Waals surface area (Å²) in [4.78, 5) is 13.6. The van der Waals surface area contributed by atoms with Crippen molar-refractivity contribution < 1.29 is 9.53 Å². The Morgan fingerprint density at radius 2 is 2.25 bits per heavy atom. The van der Waals surface area contributed by atoms with Gasteiger partial charge in [0.1, 0.15) is 5.75 Å². The molecule has 0 unspecified atom stereocenters. The van der Waals surface area contributed by atoms with Gasteiger partial charge >= 0.3 is 6.03 Å². The molecule has 5 heteroatoms. The van der Waals surface area contributed by atoms with Gasteiger partial charge < -0.3 is 10.1 Å². The Balaban J connectivity index is 2.05. The average Bonchev–Trinajstić information content (AvgIpc) is 2.46. The highest BCUT2D eigenvalue weighted by molar-refractivity contribution is 6.32. The number of anilines is 1. The van der Waals surface area contributed by atoms with Crippen molar-refractivity contribution >= 4 is 23.3 Å². The molecule has 1 aromatic rings. The summed E-state index contributed by atoms with van der Waals surface area (Å²) in [7, 11) is 0. The number of amides is 2. The Hall–Kier alpha value is -1.42. The summed E-state index contributed by atoms with van der Waals surface area (Å²) in [5, 5.41) is 3.42. The Bertz CT molecular complexity index is 465. The second-order valence-electron chi connectivity index (χ2n) is 4.91. The van der Waals surface area contributed by atoms with Crippen LogP contribution in [0.3, 0.4) is 0 Å². The van der Waals surface area contributed by atoms with Crippen molar-refractivity contribution in [3.05, 3.63) is 23.2 Å². The van der Waals surface area contributed by atoms with Crippen molar-refractivity contribution in [3.63, 3.8) is 0 Å². The van der Waals surface area contributed by atoms with Gasteiger partial charge in [-0.1, -0.05) is 31.4 Å². The van der Waals surface area contributed by atoms with Crippen molar-refractivity contribution in [3.8, 4) is 5.75 Å². The van der Waals surface area contributed by atoms with E-state index in [1.807, 2.05) is 12.1 Å². The minimum Gasteiger partial charge on any atom is -0.492 e. The molecule has 0 saturated carbocycles. The predicted molar refractivity (Wildman–Crippen MR) is 81.8 cm³/mol. The quantitative estimate of drug-likeness (QED) is 0.811. The van der Waals surface area contributed by atoms with Gasteiger partial charge in [-0.15, -0.1) is 0 Å². The highest BCUT2D eigenvalue weighted by Gasteiger charge is 2.20. The Kier molecular flexibility index (Phi) is 5.53. The average molecular weight is 297 g/mol. The summed E-state index contributed by atoms with van der Waals surface area (Å²) in [5.41, 5.74) is 0.831. The summed E-state index contributed by atoms with van der Waals surface area (Å²) in [6.07, 6.45) is 4.26. The number of carbonyl (C=O) groups is 1. The lowest BCUT2D eigenvalue weighted by Crippen LogP contribution is -2.46.